The van der Waals surface area contributed by atoms with E-state index in [0.717, 1.165) is 37.3 Å². The zero-order chi connectivity index (χ0) is 16.2. The highest BCUT2D eigenvalue weighted by atomic mass is 16.3. The lowest BCUT2D eigenvalue weighted by Crippen LogP contribution is -2.48. The van der Waals surface area contributed by atoms with Crippen molar-refractivity contribution in [2.24, 2.45) is 0 Å². The van der Waals surface area contributed by atoms with E-state index in [1.807, 2.05) is 25.1 Å². The van der Waals surface area contributed by atoms with Crippen molar-refractivity contribution < 1.29 is 9.90 Å². The van der Waals surface area contributed by atoms with E-state index >= 15 is 0 Å². The highest BCUT2D eigenvalue weighted by Gasteiger charge is 2.33. The van der Waals surface area contributed by atoms with Crippen LogP contribution < -0.4 is 0 Å². The van der Waals surface area contributed by atoms with Crippen LogP contribution in [0, 0.1) is 6.92 Å². The Balaban J connectivity index is 1.91. The maximum absolute atomic E-state index is 11.7. The normalized spacial score (nSPS) is 22.5. The van der Waals surface area contributed by atoms with E-state index in [2.05, 4.69) is 9.88 Å². The van der Waals surface area contributed by atoms with Gasteiger partial charge in [-0.2, -0.15) is 0 Å². The average Bonchev–Trinajstić information content (AvgIpc) is 2.45. The summed E-state index contributed by atoms with van der Waals surface area (Å²) in [6.07, 6.45) is 2.66. The maximum Gasteiger partial charge on any atom is 0.222 e. The Morgan fingerprint density at radius 1 is 1.45 bits per heavy atom. The molecule has 0 spiro atoms. The first-order valence-corrected chi connectivity index (χ1v) is 7.95. The Hall–Kier alpha value is -1.46. The number of nitrogens with zero attached hydrogens (tertiary/aromatic N) is 3. The summed E-state index contributed by atoms with van der Waals surface area (Å²) in [7, 11) is 3.51. The summed E-state index contributed by atoms with van der Waals surface area (Å²) >= 11 is 0. The molecule has 0 radical (unpaired) electrons. The third-order valence-electron chi connectivity index (χ3n) is 4.27. The number of pyridine rings is 1. The van der Waals surface area contributed by atoms with Crippen LogP contribution in [-0.4, -0.2) is 58.6 Å². The van der Waals surface area contributed by atoms with E-state index in [0.29, 0.717) is 19.4 Å². The number of aromatic nitrogens is 1. The topological polar surface area (TPSA) is 56.7 Å². The van der Waals surface area contributed by atoms with Crippen molar-refractivity contribution in [3.63, 3.8) is 0 Å². The van der Waals surface area contributed by atoms with E-state index in [9.17, 15) is 9.90 Å². The first-order valence-electron chi connectivity index (χ1n) is 7.95. The van der Waals surface area contributed by atoms with Gasteiger partial charge >= 0.3 is 0 Å². The summed E-state index contributed by atoms with van der Waals surface area (Å²) in [5, 5.41) is 10.8. The van der Waals surface area contributed by atoms with Crippen molar-refractivity contribution in [1.29, 1.82) is 0 Å². The van der Waals surface area contributed by atoms with Crippen LogP contribution in [0.1, 0.15) is 37.1 Å². The van der Waals surface area contributed by atoms with Crippen LogP contribution in [0.4, 0.5) is 0 Å². The fourth-order valence-corrected chi connectivity index (χ4v) is 3.02. The molecule has 2 rings (SSSR count). The molecule has 1 aromatic rings. The standard InChI is InChI=1S/C17H27N3O2/c1-14-6-4-7-15(18-14)12-20-11-5-9-17(22,13-20)10-8-16(21)19(2)3/h4,6-7,22H,5,8-13H2,1-3H3. The maximum atomic E-state index is 11.7. The molecular weight excluding hydrogens is 278 g/mol. The monoisotopic (exact) mass is 305 g/mol. The number of β-amino-alcohol motifs (C(OH)–C–C–N with tert-alkyl or cyclic N) is 1. The SMILES string of the molecule is Cc1cccc(CN2CCCC(O)(CCC(=O)N(C)C)C2)n1. The molecule has 1 N–H and O–H groups in total. The summed E-state index contributed by atoms with van der Waals surface area (Å²) in [5.74, 6) is 0.0749. The van der Waals surface area contributed by atoms with Crippen LogP contribution >= 0.6 is 0 Å². The predicted octanol–water partition coefficient (Wildman–Crippen LogP) is 1.59. The molecule has 1 aliphatic heterocycles. The van der Waals surface area contributed by atoms with Gasteiger partial charge in [-0.05, 0) is 44.9 Å². The highest BCUT2D eigenvalue weighted by molar-refractivity contribution is 5.75. The van der Waals surface area contributed by atoms with Gasteiger partial charge in [0.05, 0.1) is 11.3 Å². The number of hydrogen-bond acceptors (Lipinski definition) is 4. The van der Waals surface area contributed by atoms with Crippen molar-refractivity contribution >= 4 is 5.91 Å². The molecule has 122 valence electrons. The molecule has 5 nitrogen and oxygen atoms in total. The first-order chi connectivity index (χ1) is 10.4. The van der Waals surface area contributed by atoms with Gasteiger partial charge in [-0.3, -0.25) is 14.7 Å². The summed E-state index contributed by atoms with van der Waals surface area (Å²) in [6.45, 7) is 4.33. The molecule has 1 saturated heterocycles. The highest BCUT2D eigenvalue weighted by Crippen LogP contribution is 2.26. The van der Waals surface area contributed by atoms with Gasteiger partial charge in [0.1, 0.15) is 0 Å². The minimum absolute atomic E-state index is 0.0749. The molecule has 2 heterocycles. The zero-order valence-corrected chi connectivity index (χ0v) is 13.9. The van der Waals surface area contributed by atoms with Crippen molar-refractivity contribution in [3.8, 4) is 0 Å². The zero-order valence-electron chi connectivity index (χ0n) is 13.9. The molecule has 1 fully saturated rings. The summed E-state index contributed by atoms with van der Waals surface area (Å²) in [4.78, 5) is 20.1. The van der Waals surface area contributed by atoms with Gasteiger partial charge in [0.2, 0.25) is 5.91 Å². The van der Waals surface area contributed by atoms with Crippen LogP contribution in [0.3, 0.4) is 0 Å². The summed E-state index contributed by atoms with van der Waals surface area (Å²) in [6, 6.07) is 6.03. The Kier molecular flexibility index (Phi) is 5.53. The largest absolute Gasteiger partial charge is 0.389 e. The average molecular weight is 305 g/mol. The van der Waals surface area contributed by atoms with Crippen LogP contribution in [-0.2, 0) is 11.3 Å². The molecule has 22 heavy (non-hydrogen) atoms. The van der Waals surface area contributed by atoms with Gasteiger partial charge in [-0.25, -0.2) is 0 Å². The second-order valence-electron chi connectivity index (χ2n) is 6.60. The molecule has 1 aliphatic rings. The number of piperidine rings is 1. The Morgan fingerprint density at radius 2 is 2.23 bits per heavy atom. The lowest BCUT2D eigenvalue weighted by molar-refractivity contribution is -0.130. The number of carbonyl (C=O) groups excluding carboxylic acids is 1. The second-order valence-corrected chi connectivity index (χ2v) is 6.60. The van der Waals surface area contributed by atoms with E-state index in [4.69, 9.17) is 0 Å². The van der Waals surface area contributed by atoms with Gasteiger partial charge in [0.15, 0.2) is 0 Å². The van der Waals surface area contributed by atoms with E-state index in [1.54, 1.807) is 19.0 Å². The predicted molar refractivity (Wildman–Crippen MR) is 86.4 cm³/mol. The quantitative estimate of drug-likeness (QED) is 0.897. The number of aryl methyl sites for hydroxylation is 1. The Morgan fingerprint density at radius 3 is 2.91 bits per heavy atom. The van der Waals surface area contributed by atoms with Gasteiger partial charge in [-0.1, -0.05) is 6.07 Å². The van der Waals surface area contributed by atoms with Gasteiger partial charge in [-0.15, -0.1) is 0 Å². The fraction of sp³-hybridized carbons (Fsp3) is 0.647. The minimum Gasteiger partial charge on any atom is -0.389 e. The van der Waals surface area contributed by atoms with Crippen LogP contribution in [0.5, 0.6) is 0 Å². The molecule has 1 aromatic heterocycles. The Bertz CT molecular complexity index is 518. The number of carbonyl (C=O) groups is 1. The van der Waals surface area contributed by atoms with Gasteiger partial charge < -0.3 is 10.0 Å². The van der Waals surface area contributed by atoms with E-state index < -0.39 is 5.60 Å². The van der Waals surface area contributed by atoms with Crippen molar-refractivity contribution in [2.45, 2.75) is 44.8 Å². The third-order valence-corrected chi connectivity index (χ3v) is 4.27. The van der Waals surface area contributed by atoms with Crippen LogP contribution in [0.25, 0.3) is 0 Å². The lowest BCUT2D eigenvalue weighted by atomic mass is 9.88. The molecule has 0 aliphatic carbocycles. The molecule has 0 saturated carbocycles. The molecule has 1 amide bonds. The first kappa shape index (κ1) is 16.9. The molecule has 1 unspecified atom stereocenters. The van der Waals surface area contributed by atoms with Crippen LogP contribution in [0.15, 0.2) is 18.2 Å². The molecule has 0 aromatic carbocycles. The van der Waals surface area contributed by atoms with Crippen LogP contribution in [0.2, 0.25) is 0 Å². The summed E-state index contributed by atoms with van der Waals surface area (Å²) < 4.78 is 0. The summed E-state index contributed by atoms with van der Waals surface area (Å²) in [5.41, 5.74) is 1.29. The lowest BCUT2D eigenvalue weighted by Gasteiger charge is -2.39. The number of rotatable bonds is 5. The van der Waals surface area contributed by atoms with E-state index in [1.165, 1.54) is 0 Å². The second kappa shape index (κ2) is 7.20. The molecule has 0 bridgehead atoms. The number of aliphatic hydroxyl groups is 1. The van der Waals surface area contributed by atoms with E-state index in [-0.39, 0.29) is 5.91 Å². The van der Waals surface area contributed by atoms with Crippen molar-refractivity contribution in [2.75, 3.05) is 27.2 Å². The molecule has 1 atom stereocenters. The third kappa shape index (κ3) is 4.78. The fourth-order valence-electron chi connectivity index (χ4n) is 3.02. The number of hydrogen-bond donors (Lipinski definition) is 1. The van der Waals surface area contributed by atoms with Gasteiger partial charge in [0.25, 0.3) is 0 Å². The molecular formula is C17H27N3O2. The molecule has 5 heteroatoms. The Labute approximate surface area is 132 Å². The number of likely N-dealkylation sites (tertiary alicyclic amines) is 1. The number of amides is 1. The smallest absolute Gasteiger partial charge is 0.222 e. The van der Waals surface area contributed by atoms with Crippen molar-refractivity contribution in [3.05, 3.63) is 29.6 Å². The van der Waals surface area contributed by atoms with Crippen molar-refractivity contribution in [1.82, 2.24) is 14.8 Å². The van der Waals surface area contributed by atoms with Gasteiger partial charge in [0, 0.05) is 39.3 Å². The minimum atomic E-state index is -0.756.